The molecule has 0 aliphatic carbocycles. The van der Waals surface area contributed by atoms with Crippen molar-refractivity contribution in [3.8, 4) is 5.75 Å². The van der Waals surface area contributed by atoms with Crippen LogP contribution in [0.5, 0.6) is 5.75 Å². The summed E-state index contributed by atoms with van der Waals surface area (Å²) in [7, 11) is -0.582. The van der Waals surface area contributed by atoms with Gasteiger partial charge in [0.15, 0.2) is 10.9 Å². The quantitative estimate of drug-likeness (QED) is 0.621. The lowest BCUT2D eigenvalue weighted by Crippen LogP contribution is -2.41. The molecule has 1 N–H and O–H groups in total. The lowest BCUT2D eigenvalue weighted by atomic mass is 9.78. The van der Waals surface area contributed by atoms with Gasteiger partial charge in [0.1, 0.15) is 5.75 Å². The fourth-order valence-electron chi connectivity index (χ4n) is 2.51. The van der Waals surface area contributed by atoms with E-state index in [1.54, 1.807) is 12.1 Å². The zero-order chi connectivity index (χ0) is 19.7. The number of carbonyl (C=O) groups excluding carboxylic acids is 2. The maximum atomic E-state index is 11.5. The predicted molar refractivity (Wildman–Crippen MR) is 105 cm³/mol. The number of phenolic OH excluding ortho intramolecular Hbond substituents is 1. The highest BCUT2D eigenvalue weighted by molar-refractivity contribution is 8.13. The maximum absolute atomic E-state index is 11.5. The molecule has 0 aromatic heterocycles. The molecule has 0 amide bonds. The van der Waals surface area contributed by atoms with E-state index in [-0.39, 0.29) is 22.2 Å². The van der Waals surface area contributed by atoms with Gasteiger partial charge in [0.25, 0.3) is 0 Å². The van der Waals surface area contributed by atoms with E-state index in [9.17, 15) is 14.7 Å². The summed E-state index contributed by atoms with van der Waals surface area (Å²) in [5.41, 5.74) is 0.800. The van der Waals surface area contributed by atoms with E-state index in [2.05, 4.69) is 0 Å². The third-order valence-electron chi connectivity index (χ3n) is 4.75. The number of carbonyl (C=O) groups is 2. The Morgan fingerprint density at radius 1 is 1.15 bits per heavy atom. The van der Waals surface area contributed by atoms with Crippen LogP contribution in [0.25, 0.3) is 6.08 Å². The Hall–Kier alpha value is -1.57. The predicted octanol–water partition coefficient (Wildman–Crippen LogP) is 3.89. The van der Waals surface area contributed by atoms with E-state index in [1.165, 1.54) is 31.7 Å². The van der Waals surface area contributed by atoms with Gasteiger partial charge in [0.2, 0.25) is 0 Å². The van der Waals surface area contributed by atoms with Gasteiger partial charge < -0.3 is 14.4 Å². The lowest BCUT2D eigenvalue weighted by Gasteiger charge is -2.32. The zero-order valence-corrected chi connectivity index (χ0v) is 16.9. The van der Waals surface area contributed by atoms with Crippen LogP contribution >= 0.6 is 11.8 Å². The number of phenols is 1. The van der Waals surface area contributed by atoms with E-state index in [1.807, 2.05) is 33.8 Å². The molecule has 0 radical (unpaired) electrons. The molecule has 0 bridgehead atoms. The lowest BCUT2D eigenvalue weighted by molar-refractivity contribution is -0.109. The molecule has 1 aliphatic heterocycles. The molecule has 140 valence electrons. The minimum atomic E-state index is -0.582. The number of Topliss-reactive ketones (excluding diaryl/α,β-unsaturated/α-hetero) is 1. The van der Waals surface area contributed by atoms with Crippen LogP contribution in [0.4, 0.5) is 0 Å². The topological polar surface area (TPSA) is 72.8 Å². The molecule has 5 nitrogen and oxygen atoms in total. The summed E-state index contributed by atoms with van der Waals surface area (Å²) in [6.45, 7) is 10.8. The van der Waals surface area contributed by atoms with Gasteiger partial charge in [-0.15, -0.1) is 0 Å². The molecule has 1 aromatic carbocycles. The molecule has 1 fully saturated rings. The first-order valence-electron chi connectivity index (χ1n) is 8.46. The Bertz CT molecular complexity index is 738. The SMILES string of the molecule is CC(=O)SCC(=Cc1ccc(C(C)=O)c(O)c1)B1OC(C)(C)C(C)(C)O1. The molecule has 0 spiro atoms. The Morgan fingerprint density at radius 2 is 1.73 bits per heavy atom. The van der Waals surface area contributed by atoms with E-state index in [0.717, 1.165) is 5.47 Å². The van der Waals surface area contributed by atoms with Crippen LogP contribution in [0.2, 0.25) is 0 Å². The average Bonchev–Trinajstić information content (AvgIpc) is 2.71. The monoisotopic (exact) mass is 376 g/mol. The molecule has 1 heterocycles. The number of hydrogen-bond donors (Lipinski definition) is 1. The van der Waals surface area contributed by atoms with Gasteiger partial charge in [0.05, 0.1) is 16.8 Å². The molecule has 26 heavy (non-hydrogen) atoms. The number of rotatable bonds is 5. The summed E-state index contributed by atoms with van der Waals surface area (Å²) in [6.07, 6.45) is 1.84. The van der Waals surface area contributed by atoms with E-state index in [4.69, 9.17) is 9.31 Å². The molecule has 0 saturated carbocycles. The smallest absolute Gasteiger partial charge is 0.491 e. The van der Waals surface area contributed by atoms with Gasteiger partial charge in [-0.1, -0.05) is 23.9 Å². The van der Waals surface area contributed by atoms with E-state index in [0.29, 0.717) is 11.3 Å². The fourth-order valence-corrected chi connectivity index (χ4v) is 3.10. The van der Waals surface area contributed by atoms with Crippen molar-refractivity contribution in [1.82, 2.24) is 0 Å². The first kappa shape index (κ1) is 20.7. The Kier molecular flexibility index (Phi) is 6.05. The molecule has 0 unspecified atom stereocenters. The highest BCUT2D eigenvalue weighted by Gasteiger charge is 2.52. The van der Waals surface area contributed by atoms with Crippen LogP contribution in [0.1, 0.15) is 57.5 Å². The van der Waals surface area contributed by atoms with E-state index < -0.39 is 18.3 Å². The van der Waals surface area contributed by atoms with Crippen LogP contribution in [0.15, 0.2) is 23.7 Å². The second-order valence-corrected chi connectivity index (χ2v) is 8.57. The minimum Gasteiger partial charge on any atom is -0.507 e. The van der Waals surface area contributed by atoms with Crippen LogP contribution in [-0.2, 0) is 14.1 Å². The maximum Gasteiger partial charge on any atom is 0.491 e. The first-order valence-corrected chi connectivity index (χ1v) is 9.45. The van der Waals surface area contributed by atoms with Crippen molar-refractivity contribution >= 4 is 35.9 Å². The van der Waals surface area contributed by atoms with Crippen molar-refractivity contribution in [1.29, 1.82) is 0 Å². The van der Waals surface area contributed by atoms with Crippen molar-refractivity contribution in [2.75, 3.05) is 5.75 Å². The van der Waals surface area contributed by atoms with Gasteiger partial charge in [-0.25, -0.2) is 0 Å². The molecule has 1 saturated heterocycles. The summed E-state index contributed by atoms with van der Waals surface area (Å²) in [5.74, 6) is 0.150. The largest absolute Gasteiger partial charge is 0.507 e. The summed E-state index contributed by atoms with van der Waals surface area (Å²) in [5, 5.41) is 10.1. The zero-order valence-electron chi connectivity index (χ0n) is 16.1. The molecule has 2 rings (SSSR count). The second kappa shape index (κ2) is 7.58. The Morgan fingerprint density at radius 3 is 2.19 bits per heavy atom. The minimum absolute atomic E-state index is 0.00203. The molecular formula is C19H25BO5S. The molecule has 7 heteroatoms. The molecule has 1 aromatic rings. The van der Waals surface area contributed by atoms with Crippen molar-refractivity contribution in [2.24, 2.45) is 0 Å². The second-order valence-electron chi connectivity index (χ2n) is 7.42. The van der Waals surface area contributed by atoms with Crippen molar-refractivity contribution < 1.29 is 24.0 Å². The third-order valence-corrected chi connectivity index (χ3v) is 5.64. The summed E-state index contributed by atoms with van der Waals surface area (Å²) >= 11 is 1.17. The fraction of sp³-hybridized carbons (Fsp3) is 0.474. The molecular weight excluding hydrogens is 351 g/mol. The Balaban J connectivity index is 2.36. The van der Waals surface area contributed by atoms with Gasteiger partial charge in [-0.3, -0.25) is 9.59 Å². The number of hydrogen-bond acceptors (Lipinski definition) is 6. The number of thioether (sulfide) groups is 1. The average molecular weight is 376 g/mol. The summed E-state index contributed by atoms with van der Waals surface area (Å²) < 4.78 is 12.2. The van der Waals surface area contributed by atoms with Crippen LogP contribution in [0, 0.1) is 0 Å². The van der Waals surface area contributed by atoms with Gasteiger partial charge in [0, 0.05) is 12.7 Å². The van der Waals surface area contributed by atoms with Crippen LogP contribution in [-0.4, -0.2) is 40.1 Å². The van der Waals surface area contributed by atoms with Crippen molar-refractivity contribution in [3.63, 3.8) is 0 Å². The highest BCUT2D eigenvalue weighted by Crippen LogP contribution is 2.39. The third kappa shape index (κ3) is 4.58. The first-order chi connectivity index (χ1) is 11.9. The van der Waals surface area contributed by atoms with Crippen molar-refractivity contribution in [2.45, 2.75) is 52.7 Å². The number of ketones is 1. The van der Waals surface area contributed by atoms with Crippen LogP contribution < -0.4 is 0 Å². The molecule has 0 atom stereocenters. The van der Waals surface area contributed by atoms with Crippen molar-refractivity contribution in [3.05, 3.63) is 34.8 Å². The summed E-state index contributed by atoms with van der Waals surface area (Å²) in [4.78, 5) is 22.9. The highest BCUT2D eigenvalue weighted by atomic mass is 32.2. The van der Waals surface area contributed by atoms with Crippen LogP contribution in [0.3, 0.4) is 0 Å². The van der Waals surface area contributed by atoms with Gasteiger partial charge >= 0.3 is 7.12 Å². The number of benzene rings is 1. The van der Waals surface area contributed by atoms with Gasteiger partial charge in [-0.2, -0.15) is 0 Å². The summed E-state index contributed by atoms with van der Waals surface area (Å²) in [6, 6.07) is 4.87. The normalized spacial score (nSPS) is 18.8. The Labute approximate surface area is 159 Å². The standard InChI is InChI=1S/C19H25BO5S/c1-12(21)16-8-7-14(10-17(16)23)9-15(11-26-13(2)22)20-24-18(3,4)19(5,6)25-20/h7-10,23H,11H2,1-6H3. The molecule has 1 aliphatic rings. The van der Waals surface area contributed by atoms with E-state index >= 15 is 0 Å². The number of aromatic hydroxyl groups is 1. The van der Waals surface area contributed by atoms with Gasteiger partial charge in [-0.05, 0) is 57.8 Å².